The average Bonchev–Trinajstić information content (AvgIpc) is 3.42. The lowest BCUT2D eigenvalue weighted by molar-refractivity contribution is -0.120. The van der Waals surface area contributed by atoms with Gasteiger partial charge in [-0.15, -0.1) is 0 Å². The fourth-order valence-corrected chi connectivity index (χ4v) is 4.61. The van der Waals surface area contributed by atoms with E-state index in [2.05, 4.69) is 24.8 Å². The van der Waals surface area contributed by atoms with E-state index in [1.165, 1.54) is 27.8 Å². The molecule has 0 unspecified atom stereocenters. The Labute approximate surface area is 207 Å². The number of carboxylic acids is 1. The van der Waals surface area contributed by atoms with Crippen molar-refractivity contribution in [2.45, 2.75) is 26.8 Å². The van der Waals surface area contributed by atoms with Crippen LogP contribution < -0.4 is 15.6 Å². The lowest BCUT2D eigenvalue weighted by atomic mass is 9.98. The van der Waals surface area contributed by atoms with Crippen LogP contribution in [-0.4, -0.2) is 63.9 Å². The molecule has 1 amide bonds. The number of carboxylic acid groups (broad SMARTS) is 1. The summed E-state index contributed by atoms with van der Waals surface area (Å²) < 4.78 is 6.84. The molecule has 0 radical (unpaired) electrons. The maximum absolute atomic E-state index is 12.9. The number of hydrogen-bond acceptors (Lipinski definition) is 10. The molecule has 0 saturated carbocycles. The Bertz CT molecular complexity index is 1550. The van der Waals surface area contributed by atoms with E-state index in [4.69, 9.17) is 0 Å². The molecule has 3 N–H and O–H groups in total. The standard InChI is InChI=1S/C22H22N8O5S/c1-10(2)30-16(31)5-14(27-30)25-20(33)12-6-28(7-12)15-4-11(3)17-18(32)13(21(34)35)8-29(19(17)26-15)22-23-9-24-36-22/h4-5,8-10,12,31H,6-7H2,1-3H3,(H,34,35)(H,25,27,33). The van der Waals surface area contributed by atoms with Crippen molar-refractivity contribution in [3.63, 3.8) is 0 Å². The number of aromatic carboxylic acids is 1. The Morgan fingerprint density at radius 2 is 2.00 bits per heavy atom. The van der Waals surface area contributed by atoms with E-state index < -0.39 is 11.4 Å². The fourth-order valence-electron chi connectivity index (χ4n) is 4.10. The van der Waals surface area contributed by atoms with Crippen LogP contribution in [-0.2, 0) is 4.79 Å². The Kier molecular flexibility index (Phi) is 5.67. The predicted molar refractivity (Wildman–Crippen MR) is 131 cm³/mol. The highest BCUT2D eigenvalue weighted by atomic mass is 32.1. The highest BCUT2D eigenvalue weighted by molar-refractivity contribution is 7.08. The average molecular weight is 511 g/mol. The number of nitrogens with zero attached hydrogens (tertiary/aromatic N) is 7. The van der Waals surface area contributed by atoms with Gasteiger partial charge in [0.15, 0.2) is 11.5 Å². The summed E-state index contributed by atoms with van der Waals surface area (Å²) in [7, 11) is 0. The first kappa shape index (κ1) is 23.4. The van der Waals surface area contributed by atoms with Gasteiger partial charge in [0.1, 0.15) is 17.7 Å². The van der Waals surface area contributed by atoms with Gasteiger partial charge in [-0.2, -0.15) is 9.47 Å². The molecule has 0 aromatic carbocycles. The van der Waals surface area contributed by atoms with E-state index in [1.807, 2.05) is 18.7 Å². The minimum atomic E-state index is -1.34. The number of aromatic hydroxyl groups is 1. The molecule has 1 fully saturated rings. The predicted octanol–water partition coefficient (Wildman–Crippen LogP) is 1.80. The highest BCUT2D eigenvalue weighted by Gasteiger charge is 2.34. The summed E-state index contributed by atoms with van der Waals surface area (Å²) in [5, 5.41) is 27.0. The van der Waals surface area contributed by atoms with Gasteiger partial charge in [0.25, 0.3) is 0 Å². The summed E-state index contributed by atoms with van der Waals surface area (Å²) in [6.45, 7) is 6.22. The number of aromatic nitrogens is 6. The van der Waals surface area contributed by atoms with Gasteiger partial charge in [-0.1, -0.05) is 0 Å². The first-order chi connectivity index (χ1) is 17.1. The SMILES string of the molecule is Cc1cc(N2CC(C(=O)Nc3cc(O)n(C(C)C)n3)C2)nc2c1c(=O)c(C(=O)O)cn2-c1ncns1. The number of carbonyl (C=O) groups is 2. The van der Waals surface area contributed by atoms with Crippen molar-refractivity contribution < 1.29 is 19.8 Å². The Morgan fingerprint density at radius 1 is 1.25 bits per heavy atom. The van der Waals surface area contributed by atoms with Crippen molar-refractivity contribution in [3.8, 4) is 11.0 Å². The van der Waals surface area contributed by atoms with Crippen molar-refractivity contribution in [2.75, 3.05) is 23.3 Å². The van der Waals surface area contributed by atoms with Crippen LogP contribution in [0.5, 0.6) is 5.88 Å². The van der Waals surface area contributed by atoms with Crippen LogP contribution in [0.1, 0.15) is 35.8 Å². The fraction of sp³-hybridized carbons (Fsp3) is 0.318. The number of amides is 1. The van der Waals surface area contributed by atoms with Crippen LogP contribution in [0.25, 0.3) is 16.2 Å². The number of fused-ring (bicyclic) bond motifs is 1. The minimum Gasteiger partial charge on any atom is -0.493 e. The number of aryl methyl sites for hydroxylation is 1. The van der Waals surface area contributed by atoms with Gasteiger partial charge in [-0.05, 0) is 32.4 Å². The van der Waals surface area contributed by atoms with Gasteiger partial charge < -0.3 is 20.4 Å². The van der Waals surface area contributed by atoms with Gasteiger partial charge >= 0.3 is 5.97 Å². The first-order valence-electron chi connectivity index (χ1n) is 11.1. The molecule has 186 valence electrons. The van der Waals surface area contributed by atoms with Gasteiger partial charge in [-0.3, -0.25) is 14.2 Å². The molecule has 4 aromatic heterocycles. The maximum atomic E-state index is 12.9. The molecule has 0 aliphatic carbocycles. The van der Waals surface area contributed by atoms with Crippen LogP contribution in [0.15, 0.2) is 29.5 Å². The second-order valence-corrected chi connectivity index (χ2v) is 9.54. The van der Waals surface area contributed by atoms with Crippen molar-refractivity contribution in [3.05, 3.63) is 46.0 Å². The summed E-state index contributed by atoms with van der Waals surface area (Å²) in [4.78, 5) is 47.9. The second-order valence-electron chi connectivity index (χ2n) is 8.78. The molecule has 1 saturated heterocycles. The zero-order chi connectivity index (χ0) is 25.7. The molecule has 14 heteroatoms. The van der Waals surface area contributed by atoms with Crippen molar-refractivity contribution >= 4 is 46.1 Å². The zero-order valence-corrected chi connectivity index (χ0v) is 20.4. The number of pyridine rings is 2. The van der Waals surface area contributed by atoms with Crippen LogP contribution >= 0.6 is 11.5 Å². The third kappa shape index (κ3) is 3.94. The van der Waals surface area contributed by atoms with Crippen LogP contribution in [0.3, 0.4) is 0 Å². The second kappa shape index (κ2) is 8.71. The number of anilines is 2. The highest BCUT2D eigenvalue weighted by Crippen LogP contribution is 2.29. The molecular formula is C22H22N8O5S. The molecule has 13 nitrogen and oxygen atoms in total. The molecular weight excluding hydrogens is 488 g/mol. The number of nitrogens with one attached hydrogen (secondary N) is 1. The summed E-state index contributed by atoms with van der Waals surface area (Å²) in [6, 6.07) is 3.05. The quantitative estimate of drug-likeness (QED) is 0.348. The smallest absolute Gasteiger partial charge is 0.341 e. The van der Waals surface area contributed by atoms with E-state index in [1.54, 1.807) is 13.0 Å². The van der Waals surface area contributed by atoms with Crippen LogP contribution in [0.2, 0.25) is 0 Å². The first-order valence-corrected chi connectivity index (χ1v) is 11.8. The van der Waals surface area contributed by atoms with Crippen LogP contribution in [0, 0.1) is 12.8 Å². The molecule has 0 atom stereocenters. The molecule has 36 heavy (non-hydrogen) atoms. The summed E-state index contributed by atoms with van der Waals surface area (Å²) >= 11 is 1.04. The van der Waals surface area contributed by atoms with E-state index in [0.717, 1.165) is 11.5 Å². The summed E-state index contributed by atoms with van der Waals surface area (Å²) in [5.74, 6) is -1.10. The lowest BCUT2D eigenvalue weighted by Gasteiger charge is -2.39. The van der Waals surface area contributed by atoms with Gasteiger partial charge in [-0.25, -0.2) is 19.4 Å². The van der Waals surface area contributed by atoms with Crippen molar-refractivity contribution in [1.82, 2.24) is 28.7 Å². The summed E-state index contributed by atoms with van der Waals surface area (Å²) in [5.41, 5.74) is -0.190. The Balaban J connectivity index is 1.42. The monoisotopic (exact) mass is 510 g/mol. The topological polar surface area (TPSA) is 168 Å². The third-order valence-corrected chi connectivity index (χ3v) is 6.63. The summed E-state index contributed by atoms with van der Waals surface area (Å²) in [6.07, 6.45) is 2.55. The number of carbonyl (C=O) groups excluding carboxylic acids is 1. The van der Waals surface area contributed by atoms with Gasteiger partial charge in [0.2, 0.25) is 22.3 Å². The number of hydrogen-bond donors (Lipinski definition) is 3. The molecule has 4 aromatic rings. The Morgan fingerprint density at radius 3 is 2.61 bits per heavy atom. The molecule has 5 rings (SSSR count). The van der Waals surface area contributed by atoms with E-state index in [9.17, 15) is 24.6 Å². The van der Waals surface area contributed by atoms with Crippen molar-refractivity contribution in [1.29, 1.82) is 0 Å². The van der Waals surface area contributed by atoms with E-state index >= 15 is 0 Å². The molecule has 1 aliphatic rings. The van der Waals surface area contributed by atoms with Gasteiger partial charge in [0.05, 0.1) is 17.3 Å². The van der Waals surface area contributed by atoms with Gasteiger partial charge in [0, 0.05) is 36.9 Å². The molecule has 0 spiro atoms. The van der Waals surface area contributed by atoms with Crippen LogP contribution in [0.4, 0.5) is 11.6 Å². The molecule has 5 heterocycles. The zero-order valence-electron chi connectivity index (χ0n) is 19.5. The molecule has 0 bridgehead atoms. The molecule has 1 aliphatic heterocycles. The van der Waals surface area contributed by atoms with E-state index in [-0.39, 0.29) is 46.2 Å². The largest absolute Gasteiger partial charge is 0.493 e. The minimum absolute atomic E-state index is 0.0288. The van der Waals surface area contributed by atoms with Crippen molar-refractivity contribution in [2.24, 2.45) is 5.92 Å². The Hall–Kier alpha value is -4.33. The number of rotatable bonds is 6. The normalized spacial score (nSPS) is 13.8. The third-order valence-electron chi connectivity index (χ3n) is 5.96. The van der Waals surface area contributed by atoms with E-state index in [0.29, 0.717) is 29.6 Å². The maximum Gasteiger partial charge on any atom is 0.341 e. The lowest BCUT2D eigenvalue weighted by Crippen LogP contribution is -2.52.